The van der Waals surface area contributed by atoms with Crippen LogP contribution in [0.15, 0.2) is 0 Å². The third-order valence-electron chi connectivity index (χ3n) is 4.03. The van der Waals surface area contributed by atoms with Gasteiger partial charge in [-0.2, -0.15) is 0 Å². The molecule has 1 rings (SSSR count). The Balaban J connectivity index is 3.19. The summed E-state index contributed by atoms with van der Waals surface area (Å²) >= 11 is 7.34. The average molecular weight is 298 g/mol. The number of hydrogen-bond acceptors (Lipinski definition) is 5. The van der Waals surface area contributed by atoms with Gasteiger partial charge in [-0.25, -0.2) is 0 Å². The van der Waals surface area contributed by atoms with E-state index in [2.05, 4.69) is 72.9 Å². The van der Waals surface area contributed by atoms with Gasteiger partial charge in [0.05, 0.1) is 0 Å². The second kappa shape index (κ2) is 5.49. The molecule has 1 heterocycles. The van der Waals surface area contributed by atoms with Crippen molar-refractivity contribution in [2.24, 2.45) is 0 Å². The van der Waals surface area contributed by atoms with Crippen molar-refractivity contribution in [2.75, 3.05) is 75.5 Å². The van der Waals surface area contributed by atoms with Crippen molar-refractivity contribution in [3.8, 4) is 0 Å². The number of likely N-dealkylation sites (N-methyl/N-ethyl adjacent to an activating group) is 1. The van der Waals surface area contributed by atoms with Crippen LogP contribution >= 0.6 is 17.8 Å². The molecule has 18 heavy (non-hydrogen) atoms. The molecular formula is C11H29ClN5P. The second-order valence-corrected chi connectivity index (χ2v) is 12.1. The molecule has 0 unspecified atom stereocenters. The Bertz CT molecular complexity index is 265. The summed E-state index contributed by atoms with van der Waals surface area (Å²) in [6.07, 6.45) is 0. The van der Waals surface area contributed by atoms with Crippen LogP contribution in [0.4, 0.5) is 0 Å². The fraction of sp³-hybridized carbons (Fsp3) is 1.00. The molecule has 0 aromatic carbocycles. The van der Waals surface area contributed by atoms with E-state index >= 15 is 0 Å². The quantitative estimate of drug-likeness (QED) is 0.725. The van der Waals surface area contributed by atoms with Crippen molar-refractivity contribution < 1.29 is 0 Å². The van der Waals surface area contributed by atoms with Gasteiger partial charge in [0.15, 0.2) is 0 Å². The normalized spacial score (nSPS) is 22.7. The SMILES string of the molecule is CN1CCN(P(Cl)(N(C)C)(N(C)C)N(C)C)CC1. The van der Waals surface area contributed by atoms with Crippen LogP contribution in [0.1, 0.15) is 0 Å². The summed E-state index contributed by atoms with van der Waals surface area (Å²) < 4.78 is 9.09. The van der Waals surface area contributed by atoms with E-state index in [4.69, 9.17) is 11.2 Å². The molecule has 1 fully saturated rings. The van der Waals surface area contributed by atoms with Crippen molar-refractivity contribution in [1.82, 2.24) is 23.6 Å². The third-order valence-corrected chi connectivity index (χ3v) is 12.9. The van der Waals surface area contributed by atoms with Gasteiger partial charge in [0.1, 0.15) is 0 Å². The predicted octanol–water partition coefficient (Wildman–Crippen LogP) is 1.29. The fourth-order valence-electron chi connectivity index (χ4n) is 2.97. The Morgan fingerprint density at radius 1 is 0.778 bits per heavy atom. The van der Waals surface area contributed by atoms with E-state index in [-0.39, 0.29) is 0 Å². The molecule has 0 radical (unpaired) electrons. The minimum atomic E-state index is -2.87. The van der Waals surface area contributed by atoms with Crippen LogP contribution in [0.25, 0.3) is 0 Å². The Hall–Kier alpha value is 0.520. The zero-order chi connectivity index (χ0) is 14.2. The average Bonchev–Trinajstić information content (AvgIpc) is 2.27. The third kappa shape index (κ3) is 2.20. The number of halogens is 1. The summed E-state index contributed by atoms with van der Waals surface area (Å²) in [6.45, 7) is 1.28. The summed E-state index contributed by atoms with van der Waals surface area (Å²) in [5, 5.41) is 0. The molecular weight excluding hydrogens is 269 g/mol. The first-order valence-electron chi connectivity index (χ1n) is 6.36. The van der Waals surface area contributed by atoms with Crippen molar-refractivity contribution in [2.45, 2.75) is 0 Å². The molecule has 0 N–H and O–H groups in total. The van der Waals surface area contributed by atoms with Gasteiger partial charge < -0.3 is 0 Å². The van der Waals surface area contributed by atoms with E-state index in [0.717, 1.165) is 26.2 Å². The topological polar surface area (TPSA) is 16.2 Å². The van der Waals surface area contributed by atoms with Crippen molar-refractivity contribution >= 4 is 17.8 Å². The first-order chi connectivity index (χ1) is 8.15. The van der Waals surface area contributed by atoms with Crippen molar-refractivity contribution in [3.63, 3.8) is 0 Å². The molecule has 0 amide bonds. The van der Waals surface area contributed by atoms with Crippen LogP contribution in [-0.4, -0.2) is 99.1 Å². The fourth-order valence-corrected chi connectivity index (χ4v) is 7.96. The summed E-state index contributed by atoms with van der Waals surface area (Å²) in [6, 6.07) is 0. The number of nitrogens with zero attached hydrogens (tertiary/aromatic N) is 5. The standard InChI is InChI=1S/C11H29ClN5P/c1-13(2)18(12,14(3)4,15(5)6)17-10-8-16(7)9-11-17/h8-11H2,1-7H3. The summed E-state index contributed by atoms with van der Waals surface area (Å²) in [7, 11) is 14.7. The molecule has 5 nitrogen and oxygen atoms in total. The van der Waals surface area contributed by atoms with E-state index < -0.39 is 6.56 Å². The monoisotopic (exact) mass is 297 g/mol. The van der Waals surface area contributed by atoms with Gasteiger partial charge in [-0.1, -0.05) is 0 Å². The van der Waals surface area contributed by atoms with Gasteiger partial charge >= 0.3 is 117 Å². The number of hydrogen-bond donors (Lipinski definition) is 0. The van der Waals surface area contributed by atoms with Crippen molar-refractivity contribution in [3.05, 3.63) is 0 Å². The Kier molecular flexibility index (Phi) is 5.05. The van der Waals surface area contributed by atoms with Gasteiger partial charge in [-0.15, -0.1) is 0 Å². The molecule has 0 aromatic heterocycles. The molecule has 110 valence electrons. The second-order valence-electron chi connectivity index (χ2n) is 5.64. The predicted molar refractivity (Wildman–Crippen MR) is 82.9 cm³/mol. The van der Waals surface area contributed by atoms with Gasteiger partial charge in [0.25, 0.3) is 0 Å². The van der Waals surface area contributed by atoms with Crippen LogP contribution < -0.4 is 0 Å². The van der Waals surface area contributed by atoms with Gasteiger partial charge in [0.2, 0.25) is 0 Å². The zero-order valence-electron chi connectivity index (χ0n) is 12.9. The number of rotatable bonds is 4. The van der Waals surface area contributed by atoms with Crippen LogP contribution in [0.5, 0.6) is 0 Å². The van der Waals surface area contributed by atoms with Gasteiger partial charge in [0, 0.05) is 0 Å². The van der Waals surface area contributed by atoms with E-state index in [1.807, 2.05) is 0 Å². The molecule has 1 aliphatic heterocycles. The van der Waals surface area contributed by atoms with E-state index in [9.17, 15) is 0 Å². The first kappa shape index (κ1) is 16.6. The van der Waals surface area contributed by atoms with Gasteiger partial charge in [-0.05, 0) is 0 Å². The van der Waals surface area contributed by atoms with Crippen LogP contribution in [0.2, 0.25) is 0 Å². The summed E-state index contributed by atoms with van der Waals surface area (Å²) in [5.41, 5.74) is 0. The molecule has 0 aromatic rings. The van der Waals surface area contributed by atoms with E-state index in [0.29, 0.717) is 0 Å². The molecule has 7 heteroatoms. The first-order valence-corrected chi connectivity index (χ1v) is 9.32. The summed E-state index contributed by atoms with van der Waals surface area (Å²) in [4.78, 5) is 2.36. The van der Waals surface area contributed by atoms with Crippen LogP contribution in [0.3, 0.4) is 0 Å². The maximum atomic E-state index is 7.34. The molecule has 1 aliphatic rings. The van der Waals surface area contributed by atoms with Crippen molar-refractivity contribution in [1.29, 1.82) is 0 Å². The van der Waals surface area contributed by atoms with Crippen LogP contribution in [-0.2, 0) is 0 Å². The van der Waals surface area contributed by atoms with E-state index in [1.165, 1.54) is 0 Å². The molecule has 1 saturated heterocycles. The number of piperazine rings is 1. The zero-order valence-corrected chi connectivity index (χ0v) is 14.5. The van der Waals surface area contributed by atoms with Crippen LogP contribution in [0, 0.1) is 0 Å². The molecule has 0 saturated carbocycles. The Morgan fingerprint density at radius 2 is 1.11 bits per heavy atom. The van der Waals surface area contributed by atoms with Gasteiger partial charge in [-0.3, -0.25) is 0 Å². The Labute approximate surface area is 117 Å². The minimum absolute atomic E-state index is 1.01. The molecule has 0 aliphatic carbocycles. The molecule has 0 atom stereocenters. The molecule has 0 bridgehead atoms. The summed E-state index contributed by atoms with van der Waals surface area (Å²) in [5.74, 6) is 0. The van der Waals surface area contributed by atoms with E-state index in [1.54, 1.807) is 0 Å². The Morgan fingerprint density at radius 3 is 1.39 bits per heavy atom. The maximum absolute atomic E-state index is 7.34. The molecule has 0 spiro atoms.